The monoisotopic (exact) mass is 350 g/mol. The Morgan fingerprint density at radius 2 is 1.92 bits per heavy atom. The molecule has 0 aromatic rings. The molecule has 0 aromatic carbocycles. The number of rotatable bonds is 1. The van der Waals surface area contributed by atoms with Crippen molar-refractivity contribution in [1.29, 1.82) is 0 Å². The molecule has 2 fully saturated rings. The van der Waals surface area contributed by atoms with Crippen molar-refractivity contribution >= 4 is 18.0 Å². The van der Waals surface area contributed by atoms with Crippen LogP contribution in [-0.2, 0) is 19.1 Å². The third-order valence-corrected chi connectivity index (χ3v) is 5.13. The predicted molar refractivity (Wildman–Crippen MR) is 89.4 cm³/mol. The van der Waals surface area contributed by atoms with Crippen LogP contribution in [0.3, 0.4) is 0 Å². The first-order valence-electron chi connectivity index (χ1n) is 8.80. The Morgan fingerprint density at radius 3 is 2.44 bits per heavy atom. The molecular formula is C18H26N2O5. The van der Waals surface area contributed by atoms with Crippen molar-refractivity contribution in [3.8, 4) is 0 Å². The normalized spacial score (nSPS) is 26.1. The fourth-order valence-corrected chi connectivity index (χ4v) is 3.98. The highest BCUT2D eigenvalue weighted by molar-refractivity contribution is 5.91. The Morgan fingerprint density at radius 1 is 1.28 bits per heavy atom. The van der Waals surface area contributed by atoms with Gasteiger partial charge in [0.25, 0.3) is 0 Å². The molecule has 3 rings (SSSR count). The summed E-state index contributed by atoms with van der Waals surface area (Å²) in [7, 11) is 0. The minimum Gasteiger partial charge on any atom is -0.456 e. The van der Waals surface area contributed by atoms with Crippen LogP contribution in [0.25, 0.3) is 0 Å². The van der Waals surface area contributed by atoms with Gasteiger partial charge in [-0.3, -0.25) is 4.79 Å². The highest BCUT2D eigenvalue weighted by Gasteiger charge is 2.53. The SMILES string of the molecule is C[C@H]1CC2(CCN(C(=O)OC(C)(C)C)CC2)C(=O)N1C1=CC(=O)OC1. The van der Waals surface area contributed by atoms with Crippen molar-refractivity contribution in [2.24, 2.45) is 5.41 Å². The molecule has 138 valence electrons. The maximum absolute atomic E-state index is 13.1. The van der Waals surface area contributed by atoms with Crippen LogP contribution in [0.4, 0.5) is 4.79 Å². The van der Waals surface area contributed by atoms with Gasteiger partial charge in [-0.1, -0.05) is 0 Å². The lowest BCUT2D eigenvalue weighted by Gasteiger charge is -2.38. The van der Waals surface area contributed by atoms with Crippen LogP contribution in [0.5, 0.6) is 0 Å². The van der Waals surface area contributed by atoms with Crippen LogP contribution in [0, 0.1) is 5.41 Å². The van der Waals surface area contributed by atoms with E-state index in [2.05, 4.69) is 0 Å². The van der Waals surface area contributed by atoms with Gasteiger partial charge >= 0.3 is 12.1 Å². The van der Waals surface area contributed by atoms with E-state index in [0.717, 1.165) is 6.42 Å². The molecule has 3 aliphatic rings. The summed E-state index contributed by atoms with van der Waals surface area (Å²) in [6.07, 6.45) is 3.06. The molecule has 1 spiro atoms. The van der Waals surface area contributed by atoms with E-state index in [4.69, 9.17) is 9.47 Å². The van der Waals surface area contributed by atoms with E-state index in [-0.39, 0.29) is 24.6 Å². The second-order valence-corrected chi connectivity index (χ2v) is 8.22. The van der Waals surface area contributed by atoms with Crippen molar-refractivity contribution in [3.63, 3.8) is 0 Å². The largest absolute Gasteiger partial charge is 0.456 e. The molecule has 7 heteroatoms. The van der Waals surface area contributed by atoms with Crippen molar-refractivity contribution in [2.45, 2.75) is 58.6 Å². The van der Waals surface area contributed by atoms with Crippen molar-refractivity contribution < 1.29 is 23.9 Å². The third-order valence-electron chi connectivity index (χ3n) is 5.13. The lowest BCUT2D eigenvalue weighted by Crippen LogP contribution is -2.47. The van der Waals surface area contributed by atoms with Gasteiger partial charge in [-0.25, -0.2) is 9.59 Å². The minimum atomic E-state index is -0.526. The number of carbonyl (C=O) groups is 3. The van der Waals surface area contributed by atoms with Gasteiger partial charge in [0.15, 0.2) is 0 Å². The van der Waals surface area contributed by atoms with Crippen molar-refractivity contribution in [1.82, 2.24) is 9.80 Å². The zero-order chi connectivity index (χ0) is 18.4. The summed E-state index contributed by atoms with van der Waals surface area (Å²) in [6.45, 7) is 8.70. The van der Waals surface area contributed by atoms with Gasteiger partial charge in [-0.15, -0.1) is 0 Å². The van der Waals surface area contributed by atoms with Gasteiger partial charge in [-0.2, -0.15) is 0 Å². The Labute approximate surface area is 147 Å². The summed E-state index contributed by atoms with van der Waals surface area (Å²) in [4.78, 5) is 40.0. The molecule has 2 amide bonds. The van der Waals surface area contributed by atoms with E-state index >= 15 is 0 Å². The summed E-state index contributed by atoms with van der Waals surface area (Å²) in [5.74, 6) is -0.343. The number of amides is 2. The van der Waals surface area contributed by atoms with E-state index in [9.17, 15) is 14.4 Å². The first-order chi connectivity index (χ1) is 11.6. The maximum Gasteiger partial charge on any atom is 0.410 e. The zero-order valence-corrected chi connectivity index (χ0v) is 15.3. The summed E-state index contributed by atoms with van der Waals surface area (Å²) >= 11 is 0. The number of nitrogens with zero attached hydrogens (tertiary/aromatic N) is 2. The zero-order valence-electron chi connectivity index (χ0n) is 15.3. The van der Waals surface area contributed by atoms with E-state index in [1.165, 1.54) is 6.08 Å². The number of piperidine rings is 1. The lowest BCUT2D eigenvalue weighted by molar-refractivity contribution is -0.138. The van der Waals surface area contributed by atoms with E-state index in [1.54, 1.807) is 9.80 Å². The fourth-order valence-electron chi connectivity index (χ4n) is 3.98. The number of cyclic esters (lactones) is 1. The topological polar surface area (TPSA) is 76.2 Å². The molecule has 0 unspecified atom stereocenters. The second kappa shape index (κ2) is 6.04. The summed E-state index contributed by atoms with van der Waals surface area (Å²) in [6, 6.07) is 0.0290. The Balaban J connectivity index is 1.67. The van der Waals surface area contributed by atoms with Crippen molar-refractivity contribution in [3.05, 3.63) is 11.8 Å². The molecule has 7 nitrogen and oxygen atoms in total. The molecule has 0 saturated carbocycles. The average Bonchev–Trinajstić information content (AvgIpc) is 3.01. The fraction of sp³-hybridized carbons (Fsp3) is 0.722. The average molecular weight is 350 g/mol. The van der Waals surface area contributed by atoms with Gasteiger partial charge in [0.2, 0.25) is 5.91 Å². The van der Waals surface area contributed by atoms with Crippen molar-refractivity contribution in [2.75, 3.05) is 19.7 Å². The Bertz CT molecular complexity index is 626. The van der Waals surface area contributed by atoms with Crippen LogP contribution < -0.4 is 0 Å². The summed E-state index contributed by atoms with van der Waals surface area (Å²) in [5.41, 5.74) is -0.332. The molecule has 0 aromatic heterocycles. The molecule has 0 aliphatic carbocycles. The first kappa shape index (κ1) is 17.8. The molecule has 3 aliphatic heterocycles. The van der Waals surface area contributed by atoms with Crippen LogP contribution >= 0.6 is 0 Å². The van der Waals surface area contributed by atoms with Crippen LogP contribution in [0.2, 0.25) is 0 Å². The van der Waals surface area contributed by atoms with Gasteiger partial charge in [0.1, 0.15) is 12.2 Å². The smallest absolute Gasteiger partial charge is 0.410 e. The number of likely N-dealkylation sites (tertiary alicyclic amines) is 2. The number of hydrogen-bond donors (Lipinski definition) is 0. The molecule has 25 heavy (non-hydrogen) atoms. The lowest BCUT2D eigenvalue weighted by atomic mass is 9.76. The molecule has 1 atom stereocenters. The molecule has 0 bridgehead atoms. The summed E-state index contributed by atoms with van der Waals surface area (Å²) < 4.78 is 10.4. The number of hydrogen-bond acceptors (Lipinski definition) is 5. The van der Waals surface area contributed by atoms with E-state index < -0.39 is 17.0 Å². The van der Waals surface area contributed by atoms with E-state index in [1.807, 2.05) is 27.7 Å². The van der Waals surface area contributed by atoms with Gasteiger partial charge in [-0.05, 0) is 47.0 Å². The number of ether oxygens (including phenoxy) is 2. The Hall–Kier alpha value is -2.05. The van der Waals surface area contributed by atoms with Gasteiger partial charge in [0.05, 0.1) is 11.1 Å². The van der Waals surface area contributed by atoms with Crippen LogP contribution in [0.15, 0.2) is 11.8 Å². The maximum atomic E-state index is 13.1. The molecule has 0 radical (unpaired) electrons. The minimum absolute atomic E-state index is 0.0290. The standard InChI is InChI=1S/C18H26N2O5/c1-12-10-18(15(22)20(12)13-9-14(21)24-11-13)5-7-19(8-6-18)16(23)25-17(2,3)4/h9,12H,5-8,10-11H2,1-4H3/t12-/m0/s1. The third kappa shape index (κ3) is 3.37. The van der Waals surface area contributed by atoms with Gasteiger partial charge in [0, 0.05) is 25.2 Å². The number of carbonyl (C=O) groups excluding carboxylic acids is 3. The molecule has 2 saturated heterocycles. The molecular weight excluding hydrogens is 324 g/mol. The highest BCUT2D eigenvalue weighted by atomic mass is 16.6. The van der Waals surface area contributed by atoms with Gasteiger partial charge < -0.3 is 19.3 Å². The van der Waals surface area contributed by atoms with Crippen LogP contribution in [0.1, 0.15) is 47.0 Å². The predicted octanol–water partition coefficient (Wildman–Crippen LogP) is 2.07. The second-order valence-electron chi connectivity index (χ2n) is 8.22. The first-order valence-corrected chi connectivity index (χ1v) is 8.80. The van der Waals surface area contributed by atoms with Crippen LogP contribution in [-0.4, -0.2) is 59.1 Å². The Kier molecular flexibility index (Phi) is 4.29. The summed E-state index contributed by atoms with van der Waals surface area (Å²) in [5, 5.41) is 0. The molecule has 0 N–H and O–H groups in total. The highest BCUT2D eigenvalue weighted by Crippen LogP contribution is 2.46. The van der Waals surface area contributed by atoms with E-state index in [0.29, 0.717) is 31.6 Å². The molecule has 3 heterocycles. The quantitative estimate of drug-likeness (QED) is 0.677. The number of esters is 1.